The molecule has 0 spiro atoms. The van der Waals surface area contributed by atoms with Crippen LogP contribution in [0.15, 0.2) is 12.7 Å². The molecule has 18 heavy (non-hydrogen) atoms. The lowest BCUT2D eigenvalue weighted by molar-refractivity contribution is 0.399. The number of thioether (sulfide) groups is 1. The molecule has 0 aliphatic heterocycles. The number of allylic oxidation sites excluding steroid dienone is 1. The fourth-order valence-electron chi connectivity index (χ4n) is 3.04. The third-order valence-corrected chi connectivity index (χ3v) is 5.87. The second-order valence-electron chi connectivity index (χ2n) is 5.85. The normalized spacial score (nSPS) is 18.7. The van der Waals surface area contributed by atoms with E-state index in [2.05, 4.69) is 31.3 Å². The quantitative estimate of drug-likeness (QED) is 0.328. The Bertz CT molecular complexity index is 204. The molecule has 1 aliphatic carbocycles. The number of unbranched alkanes of at least 4 members (excludes halogenated alkanes) is 5. The minimum absolute atomic E-state index is 0.573. The van der Waals surface area contributed by atoms with E-state index < -0.39 is 0 Å². The van der Waals surface area contributed by atoms with Crippen LogP contribution in [-0.2, 0) is 0 Å². The van der Waals surface area contributed by atoms with Gasteiger partial charge >= 0.3 is 0 Å². The SMILES string of the molecule is C=CCC1(SCCCCCCCC)CCCCC1. The van der Waals surface area contributed by atoms with Gasteiger partial charge in [0.2, 0.25) is 0 Å². The molecule has 1 aliphatic rings. The first-order valence-electron chi connectivity index (χ1n) is 8.08. The molecule has 0 aromatic rings. The van der Waals surface area contributed by atoms with Crippen LogP contribution < -0.4 is 0 Å². The smallest absolute Gasteiger partial charge is 0.0194 e. The molecule has 1 heteroatoms. The molecule has 0 radical (unpaired) electrons. The molecule has 0 unspecified atom stereocenters. The molecule has 0 bridgehead atoms. The van der Waals surface area contributed by atoms with Crippen LogP contribution in [0.5, 0.6) is 0 Å². The average Bonchev–Trinajstić information content (AvgIpc) is 2.39. The van der Waals surface area contributed by atoms with Crippen LogP contribution >= 0.6 is 11.8 Å². The molecule has 1 rings (SSSR count). The van der Waals surface area contributed by atoms with Gasteiger partial charge in [0.1, 0.15) is 0 Å². The highest BCUT2D eigenvalue weighted by Crippen LogP contribution is 2.43. The lowest BCUT2D eigenvalue weighted by Gasteiger charge is -2.36. The van der Waals surface area contributed by atoms with Crippen molar-refractivity contribution in [3.05, 3.63) is 12.7 Å². The van der Waals surface area contributed by atoms with E-state index in [0.717, 1.165) is 0 Å². The van der Waals surface area contributed by atoms with Crippen molar-refractivity contribution in [1.29, 1.82) is 0 Å². The fraction of sp³-hybridized carbons (Fsp3) is 0.882. The lowest BCUT2D eigenvalue weighted by atomic mass is 9.86. The molecule has 1 fully saturated rings. The van der Waals surface area contributed by atoms with Crippen LogP contribution in [-0.4, -0.2) is 10.5 Å². The highest BCUT2D eigenvalue weighted by molar-refractivity contribution is 8.00. The monoisotopic (exact) mass is 268 g/mol. The third kappa shape index (κ3) is 6.31. The summed E-state index contributed by atoms with van der Waals surface area (Å²) in [7, 11) is 0. The van der Waals surface area contributed by atoms with E-state index in [-0.39, 0.29) is 0 Å². The molecular formula is C17H32S. The average molecular weight is 269 g/mol. The van der Waals surface area contributed by atoms with E-state index in [9.17, 15) is 0 Å². The first-order valence-corrected chi connectivity index (χ1v) is 9.06. The van der Waals surface area contributed by atoms with Crippen LogP contribution in [0, 0.1) is 0 Å². The van der Waals surface area contributed by atoms with E-state index in [1.54, 1.807) is 0 Å². The van der Waals surface area contributed by atoms with Crippen molar-refractivity contribution in [1.82, 2.24) is 0 Å². The summed E-state index contributed by atoms with van der Waals surface area (Å²) in [6.07, 6.45) is 19.1. The van der Waals surface area contributed by atoms with Gasteiger partial charge in [0.15, 0.2) is 0 Å². The predicted molar refractivity (Wildman–Crippen MR) is 86.5 cm³/mol. The van der Waals surface area contributed by atoms with Gasteiger partial charge in [-0.2, -0.15) is 11.8 Å². The maximum atomic E-state index is 3.96. The lowest BCUT2D eigenvalue weighted by Crippen LogP contribution is -2.27. The van der Waals surface area contributed by atoms with Crippen LogP contribution in [0.3, 0.4) is 0 Å². The molecular weight excluding hydrogens is 236 g/mol. The van der Waals surface area contributed by atoms with Crippen LogP contribution in [0.2, 0.25) is 0 Å². The van der Waals surface area contributed by atoms with E-state index in [0.29, 0.717) is 4.75 Å². The van der Waals surface area contributed by atoms with Gasteiger partial charge in [0, 0.05) is 4.75 Å². The number of hydrogen-bond donors (Lipinski definition) is 0. The summed E-state index contributed by atoms with van der Waals surface area (Å²) in [5.41, 5.74) is 0. The Hall–Kier alpha value is 0.0900. The molecule has 0 amide bonds. The summed E-state index contributed by atoms with van der Waals surface area (Å²) in [4.78, 5) is 0. The zero-order valence-corrected chi connectivity index (χ0v) is 13.2. The van der Waals surface area contributed by atoms with E-state index in [1.165, 1.54) is 82.8 Å². The van der Waals surface area contributed by atoms with Gasteiger partial charge in [0.05, 0.1) is 0 Å². The van der Waals surface area contributed by atoms with Gasteiger partial charge < -0.3 is 0 Å². The van der Waals surface area contributed by atoms with Gasteiger partial charge in [-0.25, -0.2) is 0 Å². The van der Waals surface area contributed by atoms with Gasteiger partial charge in [-0.15, -0.1) is 6.58 Å². The van der Waals surface area contributed by atoms with E-state index in [4.69, 9.17) is 0 Å². The Morgan fingerprint density at radius 1 is 1.00 bits per heavy atom. The summed E-state index contributed by atoms with van der Waals surface area (Å²) in [5.74, 6) is 1.37. The molecule has 0 saturated heterocycles. The first-order chi connectivity index (χ1) is 8.83. The summed E-state index contributed by atoms with van der Waals surface area (Å²) in [6, 6.07) is 0. The van der Waals surface area contributed by atoms with Crippen molar-refractivity contribution < 1.29 is 0 Å². The van der Waals surface area contributed by atoms with Crippen LogP contribution in [0.25, 0.3) is 0 Å². The summed E-state index contributed by atoms with van der Waals surface area (Å²) < 4.78 is 0.573. The van der Waals surface area contributed by atoms with Crippen molar-refractivity contribution in [3.63, 3.8) is 0 Å². The maximum Gasteiger partial charge on any atom is 0.0194 e. The van der Waals surface area contributed by atoms with Crippen molar-refractivity contribution in [3.8, 4) is 0 Å². The van der Waals surface area contributed by atoms with E-state index >= 15 is 0 Å². The van der Waals surface area contributed by atoms with Crippen LogP contribution in [0.4, 0.5) is 0 Å². The topological polar surface area (TPSA) is 0 Å². The molecule has 0 heterocycles. The standard InChI is InChI=1S/C17H32S/c1-3-5-6-7-8-12-16-18-17(13-4-2)14-10-9-11-15-17/h4H,2-3,5-16H2,1H3. The molecule has 106 valence electrons. The van der Waals surface area contributed by atoms with E-state index in [1.807, 2.05) is 0 Å². The highest BCUT2D eigenvalue weighted by Gasteiger charge is 2.30. The second-order valence-corrected chi connectivity index (χ2v) is 7.42. The molecule has 0 aromatic carbocycles. The molecule has 0 atom stereocenters. The number of hydrogen-bond acceptors (Lipinski definition) is 1. The fourth-order valence-corrected chi connectivity index (χ4v) is 4.63. The minimum Gasteiger partial charge on any atom is -0.155 e. The predicted octanol–water partition coefficient (Wildman–Crippen LogP) is 6.36. The van der Waals surface area contributed by atoms with Crippen molar-refractivity contribution in [2.45, 2.75) is 88.7 Å². The molecule has 0 nitrogen and oxygen atoms in total. The van der Waals surface area contributed by atoms with Crippen molar-refractivity contribution >= 4 is 11.8 Å². The summed E-state index contributed by atoms with van der Waals surface area (Å²) in [6.45, 7) is 6.25. The maximum absolute atomic E-state index is 3.96. The van der Waals surface area contributed by atoms with Crippen molar-refractivity contribution in [2.75, 3.05) is 5.75 Å². The largest absolute Gasteiger partial charge is 0.155 e. The van der Waals surface area contributed by atoms with Gasteiger partial charge in [0.25, 0.3) is 0 Å². The minimum atomic E-state index is 0.573. The second kappa shape index (κ2) is 9.95. The molecule has 0 N–H and O–H groups in total. The zero-order valence-electron chi connectivity index (χ0n) is 12.4. The van der Waals surface area contributed by atoms with Crippen molar-refractivity contribution in [2.24, 2.45) is 0 Å². The first kappa shape index (κ1) is 16.1. The van der Waals surface area contributed by atoms with Crippen LogP contribution in [0.1, 0.15) is 84.0 Å². The number of rotatable bonds is 10. The highest BCUT2D eigenvalue weighted by atomic mass is 32.2. The van der Waals surface area contributed by atoms with Gasteiger partial charge in [-0.05, 0) is 31.4 Å². The Morgan fingerprint density at radius 3 is 2.33 bits per heavy atom. The molecule has 0 aromatic heterocycles. The summed E-state index contributed by atoms with van der Waals surface area (Å²) in [5, 5.41) is 0. The Balaban J connectivity index is 2.11. The third-order valence-electron chi connectivity index (χ3n) is 4.19. The zero-order chi connectivity index (χ0) is 13.1. The Morgan fingerprint density at radius 2 is 1.67 bits per heavy atom. The molecule has 1 saturated carbocycles. The van der Waals surface area contributed by atoms with Gasteiger partial charge in [-0.1, -0.05) is 64.4 Å². The summed E-state index contributed by atoms with van der Waals surface area (Å²) >= 11 is 2.26. The van der Waals surface area contributed by atoms with Gasteiger partial charge in [-0.3, -0.25) is 0 Å². The Labute approximate surface area is 119 Å². The Kier molecular flexibility index (Phi) is 8.92.